The Morgan fingerprint density at radius 1 is 1.04 bits per heavy atom. The van der Waals surface area contributed by atoms with Gasteiger partial charge in [0, 0.05) is 17.4 Å². The lowest BCUT2D eigenvalue weighted by Crippen LogP contribution is -2.27. The molecule has 26 heavy (non-hydrogen) atoms. The average molecular weight is 360 g/mol. The van der Waals surface area contributed by atoms with Gasteiger partial charge >= 0.3 is 0 Å². The highest BCUT2D eigenvalue weighted by Gasteiger charge is 2.14. The number of rotatable bonds is 5. The molecule has 1 amide bonds. The zero-order valence-corrected chi connectivity index (χ0v) is 15.4. The normalized spacial score (nSPS) is 11.0. The molecule has 3 nitrogen and oxygen atoms in total. The molecule has 2 aromatic carbocycles. The molecule has 0 saturated heterocycles. The van der Waals surface area contributed by atoms with Gasteiger partial charge in [0.05, 0.1) is 10.6 Å². The molecule has 0 saturated carbocycles. The Kier molecular flexibility index (Phi) is 4.59. The van der Waals surface area contributed by atoms with Gasteiger partial charge in [-0.1, -0.05) is 48.5 Å². The second-order valence-corrected chi connectivity index (χ2v) is 7.30. The van der Waals surface area contributed by atoms with Crippen LogP contribution in [0.4, 0.5) is 0 Å². The molecule has 130 valence electrons. The smallest absolute Gasteiger partial charge is 0.240 e. The highest BCUT2D eigenvalue weighted by atomic mass is 32.1. The summed E-state index contributed by atoms with van der Waals surface area (Å²) in [7, 11) is 0. The second kappa shape index (κ2) is 7.18. The van der Waals surface area contributed by atoms with Gasteiger partial charge < -0.3 is 9.88 Å². The van der Waals surface area contributed by atoms with Crippen LogP contribution in [0.2, 0.25) is 0 Å². The van der Waals surface area contributed by atoms with Gasteiger partial charge in [0.15, 0.2) is 0 Å². The van der Waals surface area contributed by atoms with E-state index in [1.165, 1.54) is 10.4 Å². The van der Waals surface area contributed by atoms with E-state index < -0.39 is 0 Å². The number of thiophene rings is 1. The maximum atomic E-state index is 12.6. The van der Waals surface area contributed by atoms with E-state index in [1.807, 2.05) is 30.3 Å². The van der Waals surface area contributed by atoms with Crippen LogP contribution >= 0.6 is 11.3 Å². The van der Waals surface area contributed by atoms with Crippen molar-refractivity contribution in [3.8, 4) is 10.6 Å². The Hall–Kier alpha value is -2.85. The van der Waals surface area contributed by atoms with Crippen molar-refractivity contribution in [3.05, 3.63) is 83.2 Å². The first kappa shape index (κ1) is 16.6. The molecule has 0 aliphatic rings. The first-order valence-electron chi connectivity index (χ1n) is 8.66. The Morgan fingerprint density at radius 3 is 2.65 bits per heavy atom. The fraction of sp³-hybridized carbons (Fsp3) is 0.136. The van der Waals surface area contributed by atoms with Gasteiger partial charge in [0.25, 0.3) is 0 Å². The van der Waals surface area contributed by atoms with Crippen LogP contribution in [0, 0.1) is 6.92 Å². The van der Waals surface area contributed by atoms with Crippen LogP contribution in [0.15, 0.2) is 72.1 Å². The number of aromatic nitrogens is 1. The summed E-state index contributed by atoms with van der Waals surface area (Å²) in [5, 5.41) is 6.28. The third-order valence-electron chi connectivity index (χ3n) is 4.62. The highest BCUT2D eigenvalue weighted by molar-refractivity contribution is 7.13. The molecule has 0 aliphatic carbocycles. The first-order chi connectivity index (χ1) is 12.7. The van der Waals surface area contributed by atoms with E-state index in [1.54, 1.807) is 11.3 Å². The van der Waals surface area contributed by atoms with Crippen LogP contribution in [-0.2, 0) is 17.9 Å². The number of amides is 1. The molecule has 0 fully saturated rings. The van der Waals surface area contributed by atoms with Crippen molar-refractivity contribution >= 4 is 28.1 Å². The van der Waals surface area contributed by atoms with Crippen molar-refractivity contribution in [1.82, 2.24) is 9.88 Å². The summed E-state index contributed by atoms with van der Waals surface area (Å²) in [6.07, 6.45) is 0. The number of aryl methyl sites for hydroxylation is 1. The number of nitrogens with zero attached hydrogens (tertiary/aromatic N) is 1. The van der Waals surface area contributed by atoms with E-state index in [4.69, 9.17) is 0 Å². The highest BCUT2D eigenvalue weighted by Crippen LogP contribution is 2.31. The SMILES string of the molecule is Cc1ccccc1CNC(=O)Cn1c(-c2cccs2)cc2ccccc21. The molecule has 4 aromatic rings. The summed E-state index contributed by atoms with van der Waals surface area (Å²) < 4.78 is 2.11. The molecule has 0 unspecified atom stereocenters. The van der Waals surface area contributed by atoms with Crippen molar-refractivity contribution in [1.29, 1.82) is 0 Å². The van der Waals surface area contributed by atoms with Crippen LogP contribution in [0.25, 0.3) is 21.5 Å². The van der Waals surface area contributed by atoms with Crippen LogP contribution in [0.3, 0.4) is 0 Å². The largest absolute Gasteiger partial charge is 0.350 e. The summed E-state index contributed by atoms with van der Waals surface area (Å²) in [4.78, 5) is 13.8. The van der Waals surface area contributed by atoms with Gasteiger partial charge in [-0.25, -0.2) is 0 Å². The van der Waals surface area contributed by atoms with E-state index in [2.05, 4.69) is 58.6 Å². The molecule has 4 rings (SSSR count). The molecule has 0 aliphatic heterocycles. The van der Waals surface area contributed by atoms with Crippen molar-refractivity contribution in [3.63, 3.8) is 0 Å². The minimum Gasteiger partial charge on any atom is -0.350 e. The lowest BCUT2D eigenvalue weighted by atomic mass is 10.1. The molecule has 0 atom stereocenters. The number of carbonyl (C=O) groups excluding carboxylic acids is 1. The van der Waals surface area contributed by atoms with Crippen LogP contribution in [-0.4, -0.2) is 10.5 Å². The Balaban J connectivity index is 1.59. The van der Waals surface area contributed by atoms with Crippen molar-refractivity contribution in [2.45, 2.75) is 20.0 Å². The lowest BCUT2D eigenvalue weighted by molar-refractivity contribution is -0.121. The molecule has 2 heterocycles. The number of carbonyl (C=O) groups is 1. The van der Waals surface area contributed by atoms with Gasteiger partial charge in [0.2, 0.25) is 5.91 Å². The number of fused-ring (bicyclic) bond motifs is 1. The monoisotopic (exact) mass is 360 g/mol. The van der Waals surface area contributed by atoms with Crippen LogP contribution < -0.4 is 5.32 Å². The quantitative estimate of drug-likeness (QED) is 0.534. The fourth-order valence-electron chi connectivity index (χ4n) is 3.21. The number of hydrogen-bond acceptors (Lipinski definition) is 2. The number of benzene rings is 2. The predicted octanol–water partition coefficient (Wildman–Crippen LogP) is 4.99. The molecule has 0 bridgehead atoms. The van der Waals surface area contributed by atoms with Gasteiger partial charge in [-0.3, -0.25) is 4.79 Å². The van der Waals surface area contributed by atoms with Gasteiger partial charge in [-0.15, -0.1) is 11.3 Å². The average Bonchev–Trinajstić information content (AvgIpc) is 3.29. The van der Waals surface area contributed by atoms with Crippen LogP contribution in [0.1, 0.15) is 11.1 Å². The summed E-state index contributed by atoms with van der Waals surface area (Å²) in [5.41, 5.74) is 4.52. The second-order valence-electron chi connectivity index (χ2n) is 6.36. The topological polar surface area (TPSA) is 34.0 Å². The van der Waals surface area contributed by atoms with E-state index in [9.17, 15) is 4.79 Å². The summed E-state index contributed by atoms with van der Waals surface area (Å²) in [5.74, 6) is 0.0208. The molecule has 4 heteroatoms. The number of nitrogens with one attached hydrogen (secondary N) is 1. The fourth-order valence-corrected chi connectivity index (χ4v) is 3.96. The standard InChI is InChI=1S/C22H20N2OS/c1-16-7-2-3-9-18(16)14-23-22(25)15-24-19-10-5-4-8-17(19)13-20(24)21-11-6-12-26-21/h2-13H,14-15H2,1H3,(H,23,25). The van der Waals surface area contributed by atoms with Gasteiger partial charge in [-0.05, 0) is 41.6 Å². The minimum atomic E-state index is 0.0208. The van der Waals surface area contributed by atoms with Crippen molar-refractivity contribution in [2.75, 3.05) is 0 Å². The zero-order valence-electron chi connectivity index (χ0n) is 14.6. The Morgan fingerprint density at radius 2 is 1.85 bits per heavy atom. The molecule has 1 N–H and O–H groups in total. The van der Waals surface area contributed by atoms with Crippen molar-refractivity contribution in [2.24, 2.45) is 0 Å². The molecule has 0 spiro atoms. The number of para-hydroxylation sites is 1. The van der Waals surface area contributed by atoms with E-state index in [0.29, 0.717) is 13.1 Å². The lowest BCUT2D eigenvalue weighted by Gasteiger charge is -2.11. The van der Waals surface area contributed by atoms with Gasteiger partial charge in [0.1, 0.15) is 6.54 Å². The maximum Gasteiger partial charge on any atom is 0.240 e. The van der Waals surface area contributed by atoms with E-state index >= 15 is 0 Å². The summed E-state index contributed by atoms with van der Waals surface area (Å²) >= 11 is 1.69. The third-order valence-corrected chi connectivity index (χ3v) is 5.52. The minimum absolute atomic E-state index is 0.0208. The summed E-state index contributed by atoms with van der Waals surface area (Å²) in [6.45, 7) is 2.93. The summed E-state index contributed by atoms with van der Waals surface area (Å²) in [6, 6.07) is 22.6. The van der Waals surface area contributed by atoms with Gasteiger partial charge in [-0.2, -0.15) is 0 Å². The Bertz CT molecular complexity index is 1050. The number of hydrogen-bond donors (Lipinski definition) is 1. The maximum absolute atomic E-state index is 12.6. The molecule has 2 aromatic heterocycles. The van der Waals surface area contributed by atoms with Crippen molar-refractivity contribution < 1.29 is 4.79 Å². The Labute approximate surface area is 156 Å². The zero-order chi connectivity index (χ0) is 17.9. The van der Waals surface area contributed by atoms with Crippen LogP contribution in [0.5, 0.6) is 0 Å². The molecule has 0 radical (unpaired) electrons. The first-order valence-corrected chi connectivity index (χ1v) is 9.54. The predicted molar refractivity (Wildman–Crippen MR) is 108 cm³/mol. The van der Waals surface area contributed by atoms with E-state index in [-0.39, 0.29) is 5.91 Å². The molecular weight excluding hydrogens is 340 g/mol. The third kappa shape index (κ3) is 3.28. The van der Waals surface area contributed by atoms with E-state index in [0.717, 1.165) is 22.2 Å². The molecular formula is C22H20N2OS.